The molecule has 0 saturated carbocycles. The van der Waals surface area contributed by atoms with E-state index in [1.165, 1.54) is 4.90 Å². The van der Waals surface area contributed by atoms with Crippen molar-refractivity contribution >= 4 is 23.2 Å². The molecule has 5 nitrogen and oxygen atoms in total. The third-order valence-corrected chi connectivity index (χ3v) is 5.10. The maximum absolute atomic E-state index is 12.4. The lowest BCUT2D eigenvalue weighted by Gasteiger charge is -2.33. The number of hydrogen-bond donors (Lipinski definition) is 3. The van der Waals surface area contributed by atoms with Gasteiger partial charge in [0.25, 0.3) is 5.91 Å². The lowest BCUT2D eigenvalue weighted by atomic mass is 10.1. The number of benzene rings is 2. The van der Waals surface area contributed by atoms with Crippen LogP contribution in [0.25, 0.3) is 0 Å². The van der Waals surface area contributed by atoms with Gasteiger partial charge in [-0.3, -0.25) is 4.79 Å². The van der Waals surface area contributed by atoms with Crippen molar-refractivity contribution in [3.63, 3.8) is 0 Å². The molecule has 1 amide bonds. The lowest BCUT2D eigenvalue weighted by Crippen LogP contribution is -3.15. The fourth-order valence-corrected chi connectivity index (χ4v) is 3.45. The van der Waals surface area contributed by atoms with Crippen molar-refractivity contribution in [2.24, 2.45) is 0 Å². The summed E-state index contributed by atoms with van der Waals surface area (Å²) in [5.41, 5.74) is 1.91. The van der Waals surface area contributed by atoms with Gasteiger partial charge in [0.15, 0.2) is 6.54 Å². The highest BCUT2D eigenvalue weighted by molar-refractivity contribution is 6.30. The highest BCUT2D eigenvalue weighted by Gasteiger charge is 2.24. The number of halogens is 1. The van der Waals surface area contributed by atoms with Crippen molar-refractivity contribution in [2.45, 2.75) is 13.0 Å². The van der Waals surface area contributed by atoms with Crippen molar-refractivity contribution in [1.29, 1.82) is 0 Å². The van der Waals surface area contributed by atoms with Crippen molar-refractivity contribution < 1.29 is 14.8 Å². The zero-order valence-electron chi connectivity index (χ0n) is 14.9. The van der Waals surface area contributed by atoms with Gasteiger partial charge < -0.3 is 20.2 Å². The summed E-state index contributed by atoms with van der Waals surface area (Å²) >= 11 is 5.91. The van der Waals surface area contributed by atoms with E-state index in [-0.39, 0.29) is 11.9 Å². The molecule has 3 rings (SSSR count). The smallest absolute Gasteiger partial charge is 0.275 e. The summed E-state index contributed by atoms with van der Waals surface area (Å²) in [7, 11) is 0. The number of anilines is 1. The summed E-state index contributed by atoms with van der Waals surface area (Å²) in [5.74, 6) is 0.365. The van der Waals surface area contributed by atoms with E-state index in [9.17, 15) is 9.90 Å². The second kappa shape index (κ2) is 8.43. The summed E-state index contributed by atoms with van der Waals surface area (Å²) in [5, 5.41) is 13.7. The molecule has 0 bridgehead atoms. The number of amides is 1. The number of phenolic OH excluding ortho intramolecular Hbond substituents is 1. The van der Waals surface area contributed by atoms with Crippen molar-refractivity contribution in [2.75, 3.05) is 37.6 Å². The van der Waals surface area contributed by atoms with Crippen LogP contribution in [0.5, 0.6) is 5.75 Å². The van der Waals surface area contributed by atoms with Gasteiger partial charge in [0.1, 0.15) is 5.75 Å². The highest BCUT2D eigenvalue weighted by atomic mass is 35.5. The molecule has 26 heavy (non-hydrogen) atoms. The Morgan fingerprint density at radius 1 is 1.19 bits per heavy atom. The molecule has 3 N–H and O–H groups in total. The van der Waals surface area contributed by atoms with E-state index in [1.54, 1.807) is 6.07 Å². The maximum atomic E-state index is 12.4. The molecule has 0 aliphatic carbocycles. The molecule has 0 spiro atoms. The average molecular weight is 375 g/mol. The third-order valence-electron chi connectivity index (χ3n) is 4.85. The van der Waals surface area contributed by atoms with Crippen LogP contribution in [-0.2, 0) is 4.79 Å². The normalized spacial score (nSPS) is 16.3. The molecular weight excluding hydrogens is 350 g/mol. The van der Waals surface area contributed by atoms with Gasteiger partial charge in [-0.1, -0.05) is 35.9 Å². The van der Waals surface area contributed by atoms with Crippen molar-refractivity contribution in [3.8, 4) is 5.75 Å². The van der Waals surface area contributed by atoms with E-state index in [4.69, 9.17) is 11.6 Å². The van der Waals surface area contributed by atoms with Gasteiger partial charge in [-0.15, -0.1) is 0 Å². The van der Waals surface area contributed by atoms with Gasteiger partial charge in [-0.05, 0) is 36.8 Å². The first-order chi connectivity index (χ1) is 12.5. The molecule has 138 valence electrons. The molecule has 1 aliphatic heterocycles. The van der Waals surface area contributed by atoms with Gasteiger partial charge >= 0.3 is 0 Å². The Hall–Kier alpha value is -2.24. The van der Waals surface area contributed by atoms with E-state index in [0.29, 0.717) is 17.3 Å². The Labute approximate surface area is 159 Å². The number of piperazine rings is 1. The van der Waals surface area contributed by atoms with Gasteiger partial charge in [-0.2, -0.15) is 0 Å². The van der Waals surface area contributed by atoms with Crippen LogP contribution in [0.3, 0.4) is 0 Å². The first-order valence-corrected chi connectivity index (χ1v) is 9.32. The Bertz CT molecular complexity index is 743. The number of aromatic hydroxyl groups is 1. The quantitative estimate of drug-likeness (QED) is 0.745. The summed E-state index contributed by atoms with van der Waals surface area (Å²) in [6, 6.07) is 14.9. The number of carbonyl (C=O) groups is 1. The minimum Gasteiger partial charge on any atom is -0.506 e. The van der Waals surface area contributed by atoms with Crippen LogP contribution in [-0.4, -0.2) is 43.7 Å². The standard InChI is InChI=1S/C20H24ClN3O2/c1-15(16-6-8-17(21)9-7-16)22-20(26)14-23-10-12-24(13-11-23)18-4-2-3-5-19(18)25/h2-9,15,25H,10-14H2,1H3,(H,22,26)/p+1/t15-/m1/s1. The zero-order chi connectivity index (χ0) is 18.5. The Kier molecular flexibility index (Phi) is 6.01. The summed E-state index contributed by atoms with van der Waals surface area (Å²) in [6.45, 7) is 5.84. The Morgan fingerprint density at radius 2 is 1.85 bits per heavy atom. The first kappa shape index (κ1) is 18.5. The van der Waals surface area contributed by atoms with Gasteiger partial charge in [0, 0.05) is 5.02 Å². The number of para-hydroxylation sites is 2. The molecule has 1 fully saturated rings. The van der Waals surface area contributed by atoms with Gasteiger partial charge in [0.05, 0.1) is 37.9 Å². The Balaban J connectivity index is 1.47. The molecule has 1 atom stereocenters. The molecular formula is C20H25ClN3O2+. The predicted octanol–water partition coefficient (Wildman–Crippen LogP) is 1.63. The molecule has 0 radical (unpaired) electrons. The van der Waals surface area contributed by atoms with Crippen LogP contribution in [0, 0.1) is 0 Å². The number of hydrogen-bond acceptors (Lipinski definition) is 3. The number of phenols is 1. The molecule has 1 aliphatic rings. The summed E-state index contributed by atoms with van der Waals surface area (Å²) in [4.78, 5) is 15.8. The fraction of sp³-hybridized carbons (Fsp3) is 0.350. The summed E-state index contributed by atoms with van der Waals surface area (Å²) in [6.07, 6.45) is 0. The first-order valence-electron chi connectivity index (χ1n) is 8.94. The SMILES string of the molecule is C[C@@H](NC(=O)C[NH+]1CCN(c2ccccc2O)CC1)c1ccc(Cl)cc1. The predicted molar refractivity (Wildman–Crippen MR) is 104 cm³/mol. The molecule has 1 heterocycles. The second-order valence-electron chi connectivity index (χ2n) is 6.74. The third kappa shape index (κ3) is 4.68. The molecule has 2 aromatic rings. The van der Waals surface area contributed by atoms with E-state index in [1.807, 2.05) is 49.4 Å². The van der Waals surface area contributed by atoms with Crippen LogP contribution < -0.4 is 15.1 Å². The number of rotatable bonds is 5. The van der Waals surface area contributed by atoms with Crippen LogP contribution >= 0.6 is 11.6 Å². The van der Waals surface area contributed by atoms with Gasteiger partial charge in [0.2, 0.25) is 0 Å². The van der Waals surface area contributed by atoms with E-state index < -0.39 is 0 Å². The topological polar surface area (TPSA) is 57.0 Å². The molecule has 2 aromatic carbocycles. The van der Waals surface area contributed by atoms with Crippen LogP contribution in [0.15, 0.2) is 48.5 Å². The monoisotopic (exact) mass is 374 g/mol. The van der Waals surface area contributed by atoms with Gasteiger partial charge in [-0.25, -0.2) is 0 Å². The van der Waals surface area contributed by atoms with Crippen molar-refractivity contribution in [1.82, 2.24) is 5.32 Å². The molecule has 1 saturated heterocycles. The molecule has 6 heteroatoms. The van der Waals surface area contributed by atoms with E-state index in [2.05, 4.69) is 10.2 Å². The molecule has 0 aromatic heterocycles. The number of nitrogens with one attached hydrogen (secondary N) is 2. The lowest BCUT2D eigenvalue weighted by molar-refractivity contribution is -0.892. The number of nitrogens with zero attached hydrogens (tertiary/aromatic N) is 1. The average Bonchev–Trinajstić information content (AvgIpc) is 2.63. The van der Waals surface area contributed by atoms with E-state index in [0.717, 1.165) is 37.4 Å². The van der Waals surface area contributed by atoms with Crippen molar-refractivity contribution in [3.05, 3.63) is 59.1 Å². The minimum absolute atomic E-state index is 0.0401. The van der Waals surface area contributed by atoms with Crippen LogP contribution in [0.4, 0.5) is 5.69 Å². The fourth-order valence-electron chi connectivity index (χ4n) is 3.33. The highest BCUT2D eigenvalue weighted by Crippen LogP contribution is 2.25. The minimum atomic E-state index is -0.0401. The zero-order valence-corrected chi connectivity index (χ0v) is 15.7. The van der Waals surface area contributed by atoms with Crippen LogP contribution in [0.1, 0.15) is 18.5 Å². The maximum Gasteiger partial charge on any atom is 0.275 e. The van der Waals surface area contributed by atoms with Crippen LogP contribution in [0.2, 0.25) is 5.02 Å². The molecule has 0 unspecified atom stereocenters. The largest absolute Gasteiger partial charge is 0.506 e. The number of quaternary nitrogens is 1. The summed E-state index contributed by atoms with van der Waals surface area (Å²) < 4.78 is 0. The number of carbonyl (C=O) groups excluding carboxylic acids is 1. The Morgan fingerprint density at radius 3 is 2.50 bits per heavy atom. The second-order valence-corrected chi connectivity index (χ2v) is 7.18. The van der Waals surface area contributed by atoms with E-state index >= 15 is 0 Å².